The van der Waals surface area contributed by atoms with E-state index in [1.807, 2.05) is 25.1 Å². The molecule has 1 aliphatic carbocycles. The number of para-hydroxylation sites is 2. The predicted molar refractivity (Wildman–Crippen MR) is 102 cm³/mol. The fourth-order valence-corrected chi connectivity index (χ4v) is 4.09. The molecule has 1 aromatic carbocycles. The fraction of sp³-hybridized carbons (Fsp3) is 0.400. The molecule has 26 heavy (non-hydrogen) atoms. The van der Waals surface area contributed by atoms with Gasteiger partial charge in [0.25, 0.3) is 5.91 Å². The van der Waals surface area contributed by atoms with E-state index in [-0.39, 0.29) is 5.91 Å². The highest BCUT2D eigenvalue weighted by atomic mass is 32.1. The number of carbonyl (C=O) groups excluding carboxylic acids is 2. The average molecular weight is 373 g/mol. The van der Waals surface area contributed by atoms with E-state index >= 15 is 0 Å². The largest absolute Gasteiger partial charge is 0.492 e. The number of anilines is 1. The van der Waals surface area contributed by atoms with Gasteiger partial charge in [0.15, 0.2) is 6.10 Å². The summed E-state index contributed by atoms with van der Waals surface area (Å²) in [4.78, 5) is 26.6. The van der Waals surface area contributed by atoms with Crippen LogP contribution >= 0.6 is 11.3 Å². The summed E-state index contributed by atoms with van der Waals surface area (Å²) in [6.07, 6.45) is 3.48. The number of hydrogen-bond acceptors (Lipinski definition) is 5. The zero-order chi connectivity index (χ0) is 18.5. The second-order valence-electron chi connectivity index (χ2n) is 6.23. The van der Waals surface area contributed by atoms with Crippen LogP contribution in [0.3, 0.4) is 0 Å². The van der Waals surface area contributed by atoms with Crippen molar-refractivity contribution in [3.8, 4) is 5.75 Å². The number of aryl methyl sites for hydroxylation is 2. The van der Waals surface area contributed by atoms with E-state index < -0.39 is 12.1 Å². The molecule has 0 unspecified atom stereocenters. The van der Waals surface area contributed by atoms with Crippen LogP contribution in [0.1, 0.15) is 46.8 Å². The molecule has 0 fully saturated rings. The topological polar surface area (TPSA) is 64.6 Å². The maximum Gasteiger partial charge on any atom is 0.349 e. The summed E-state index contributed by atoms with van der Waals surface area (Å²) in [6.45, 7) is 3.95. The molecule has 0 saturated heterocycles. The first-order valence-electron chi connectivity index (χ1n) is 8.93. The Morgan fingerprint density at radius 2 is 2.00 bits per heavy atom. The molecule has 0 saturated carbocycles. The summed E-state index contributed by atoms with van der Waals surface area (Å²) in [5, 5.41) is 2.76. The number of thiophene rings is 1. The lowest BCUT2D eigenvalue weighted by Gasteiger charge is -2.15. The molecule has 138 valence electrons. The number of esters is 1. The Labute approximate surface area is 157 Å². The van der Waals surface area contributed by atoms with E-state index in [4.69, 9.17) is 9.47 Å². The Hall–Kier alpha value is -2.34. The molecule has 1 atom stereocenters. The van der Waals surface area contributed by atoms with E-state index in [9.17, 15) is 9.59 Å². The SMILES string of the molecule is CCOc1ccccc1NC(=O)[C@H](C)OC(=O)c1cc2c(s1)CCCC2. The Kier molecular flexibility index (Phi) is 5.93. The Morgan fingerprint density at radius 3 is 2.77 bits per heavy atom. The third kappa shape index (κ3) is 4.25. The number of ether oxygens (including phenoxy) is 2. The molecule has 2 aromatic rings. The zero-order valence-electron chi connectivity index (χ0n) is 15.0. The van der Waals surface area contributed by atoms with Crippen LogP contribution in [-0.4, -0.2) is 24.6 Å². The van der Waals surface area contributed by atoms with Crippen molar-refractivity contribution in [3.63, 3.8) is 0 Å². The minimum absolute atomic E-state index is 0.383. The van der Waals surface area contributed by atoms with Crippen molar-refractivity contribution >= 4 is 28.9 Å². The normalized spacial score (nSPS) is 14.2. The molecular weight excluding hydrogens is 350 g/mol. The quantitative estimate of drug-likeness (QED) is 0.771. The highest BCUT2D eigenvalue weighted by Crippen LogP contribution is 2.30. The molecule has 0 spiro atoms. The van der Waals surface area contributed by atoms with Gasteiger partial charge in [-0.25, -0.2) is 4.79 Å². The second kappa shape index (κ2) is 8.36. The third-order valence-corrected chi connectivity index (χ3v) is 5.51. The Morgan fingerprint density at radius 1 is 1.23 bits per heavy atom. The highest BCUT2D eigenvalue weighted by Gasteiger charge is 2.23. The molecule has 1 aromatic heterocycles. The molecule has 1 amide bonds. The van der Waals surface area contributed by atoms with Crippen molar-refractivity contribution in [2.24, 2.45) is 0 Å². The number of carbonyl (C=O) groups is 2. The van der Waals surface area contributed by atoms with Gasteiger partial charge in [-0.2, -0.15) is 0 Å². The first-order chi connectivity index (χ1) is 12.6. The van der Waals surface area contributed by atoms with Gasteiger partial charge in [-0.1, -0.05) is 12.1 Å². The summed E-state index contributed by atoms with van der Waals surface area (Å²) >= 11 is 1.48. The monoisotopic (exact) mass is 373 g/mol. The van der Waals surface area contributed by atoms with Gasteiger partial charge in [0, 0.05) is 4.88 Å². The molecule has 1 aliphatic rings. The lowest BCUT2D eigenvalue weighted by atomic mass is 9.99. The number of rotatable bonds is 6. The summed E-state index contributed by atoms with van der Waals surface area (Å²) in [5.41, 5.74) is 1.81. The van der Waals surface area contributed by atoms with Crippen LogP contribution in [0, 0.1) is 0 Å². The lowest BCUT2D eigenvalue weighted by molar-refractivity contribution is -0.123. The number of nitrogens with one attached hydrogen (secondary N) is 1. The summed E-state index contributed by atoms with van der Waals surface area (Å²) in [5.74, 6) is -0.232. The zero-order valence-corrected chi connectivity index (χ0v) is 15.9. The minimum Gasteiger partial charge on any atom is -0.492 e. The van der Waals surface area contributed by atoms with E-state index in [0.717, 1.165) is 19.3 Å². The van der Waals surface area contributed by atoms with Crippen LogP contribution in [0.2, 0.25) is 0 Å². The molecule has 0 bridgehead atoms. The van der Waals surface area contributed by atoms with E-state index in [1.165, 1.54) is 28.2 Å². The summed E-state index contributed by atoms with van der Waals surface area (Å²) < 4.78 is 10.9. The van der Waals surface area contributed by atoms with Gasteiger partial charge in [-0.3, -0.25) is 4.79 Å². The summed E-state index contributed by atoms with van der Waals surface area (Å²) in [6, 6.07) is 9.10. The number of hydrogen-bond donors (Lipinski definition) is 1. The molecule has 3 rings (SSSR count). The van der Waals surface area contributed by atoms with Gasteiger partial charge in [0.05, 0.1) is 12.3 Å². The van der Waals surface area contributed by atoms with Crippen LogP contribution in [0.25, 0.3) is 0 Å². The van der Waals surface area contributed by atoms with E-state index in [0.29, 0.717) is 22.9 Å². The third-order valence-electron chi connectivity index (χ3n) is 4.30. The molecule has 5 nitrogen and oxygen atoms in total. The smallest absolute Gasteiger partial charge is 0.349 e. The Balaban J connectivity index is 1.62. The average Bonchev–Trinajstić information content (AvgIpc) is 3.08. The molecule has 1 N–H and O–H groups in total. The number of benzene rings is 1. The van der Waals surface area contributed by atoms with Crippen LogP contribution in [0.4, 0.5) is 5.69 Å². The van der Waals surface area contributed by atoms with Gasteiger partial charge in [-0.05, 0) is 63.3 Å². The first-order valence-corrected chi connectivity index (χ1v) is 9.75. The van der Waals surface area contributed by atoms with E-state index in [1.54, 1.807) is 19.1 Å². The van der Waals surface area contributed by atoms with Crippen molar-refractivity contribution in [2.75, 3.05) is 11.9 Å². The van der Waals surface area contributed by atoms with Crippen molar-refractivity contribution in [1.29, 1.82) is 0 Å². The predicted octanol–water partition coefficient (Wildman–Crippen LogP) is 4.21. The maximum absolute atomic E-state index is 12.4. The molecule has 0 aliphatic heterocycles. The maximum atomic E-state index is 12.4. The van der Waals surface area contributed by atoms with Crippen LogP contribution in [0.15, 0.2) is 30.3 Å². The van der Waals surface area contributed by atoms with Crippen molar-refractivity contribution in [3.05, 3.63) is 45.6 Å². The van der Waals surface area contributed by atoms with Crippen LogP contribution in [-0.2, 0) is 22.4 Å². The lowest BCUT2D eigenvalue weighted by Crippen LogP contribution is -2.30. The van der Waals surface area contributed by atoms with E-state index in [2.05, 4.69) is 5.32 Å². The van der Waals surface area contributed by atoms with Crippen molar-refractivity contribution < 1.29 is 19.1 Å². The fourth-order valence-electron chi connectivity index (χ4n) is 2.95. The van der Waals surface area contributed by atoms with Gasteiger partial charge < -0.3 is 14.8 Å². The van der Waals surface area contributed by atoms with Crippen LogP contribution in [0.5, 0.6) is 5.75 Å². The number of amides is 1. The van der Waals surface area contributed by atoms with Crippen molar-refractivity contribution in [2.45, 2.75) is 45.6 Å². The summed E-state index contributed by atoms with van der Waals surface area (Å²) in [7, 11) is 0. The highest BCUT2D eigenvalue weighted by molar-refractivity contribution is 7.14. The first kappa shape index (κ1) is 18.5. The van der Waals surface area contributed by atoms with Crippen LogP contribution < -0.4 is 10.1 Å². The number of fused-ring (bicyclic) bond motifs is 1. The van der Waals surface area contributed by atoms with Gasteiger partial charge in [0.2, 0.25) is 0 Å². The van der Waals surface area contributed by atoms with Gasteiger partial charge in [0.1, 0.15) is 10.6 Å². The van der Waals surface area contributed by atoms with Crippen molar-refractivity contribution in [1.82, 2.24) is 0 Å². The second-order valence-corrected chi connectivity index (χ2v) is 7.37. The molecule has 1 heterocycles. The minimum atomic E-state index is -0.892. The molecular formula is C20H23NO4S. The Bertz CT molecular complexity index is 775. The van der Waals surface area contributed by atoms with Gasteiger partial charge >= 0.3 is 5.97 Å². The molecule has 6 heteroatoms. The van der Waals surface area contributed by atoms with Gasteiger partial charge in [-0.15, -0.1) is 11.3 Å². The standard InChI is InChI=1S/C20H23NO4S/c1-3-24-16-10-6-5-9-15(16)21-19(22)13(2)25-20(23)18-12-14-8-4-7-11-17(14)26-18/h5-6,9-10,12-13H,3-4,7-8,11H2,1-2H3,(H,21,22)/t13-/m0/s1. The molecule has 0 radical (unpaired) electrons.